The molecule has 0 aromatic heterocycles. The van der Waals surface area contributed by atoms with Gasteiger partial charge in [-0.15, -0.1) is 0 Å². The number of likely N-dealkylation sites (N-methyl/N-ethyl adjacent to an activating group) is 1. The Balaban J connectivity index is 1.38. The number of ether oxygens (including phenoxy) is 4. The van der Waals surface area contributed by atoms with Gasteiger partial charge in [-0.3, -0.25) is 4.99 Å². The van der Waals surface area contributed by atoms with Crippen LogP contribution in [0, 0.1) is 0 Å². The summed E-state index contributed by atoms with van der Waals surface area (Å²) in [5, 5.41) is 0. The summed E-state index contributed by atoms with van der Waals surface area (Å²) in [5.41, 5.74) is 10.9. The summed E-state index contributed by atoms with van der Waals surface area (Å²) in [6.45, 7) is 10.4. The van der Waals surface area contributed by atoms with Gasteiger partial charge in [-0.25, -0.2) is 9.59 Å². The van der Waals surface area contributed by atoms with Crippen LogP contribution in [-0.2, 0) is 29.8 Å². The van der Waals surface area contributed by atoms with Crippen molar-refractivity contribution in [2.45, 2.75) is 64.2 Å². The highest BCUT2D eigenvalue weighted by molar-refractivity contribution is 6.03. The van der Waals surface area contributed by atoms with E-state index in [-0.39, 0.29) is 17.4 Å². The van der Waals surface area contributed by atoms with Crippen molar-refractivity contribution in [1.29, 1.82) is 0 Å². The Morgan fingerprint density at radius 3 is 1.94 bits per heavy atom. The first-order valence-electron chi connectivity index (χ1n) is 21.4. The molecular weight excluding hydrogens is 775 g/mol. The van der Waals surface area contributed by atoms with Gasteiger partial charge in [0, 0.05) is 93.7 Å². The first-order valence-corrected chi connectivity index (χ1v) is 21.4. The molecule has 4 aromatic carbocycles. The van der Waals surface area contributed by atoms with E-state index in [1.165, 1.54) is 11.1 Å². The van der Waals surface area contributed by atoms with Crippen LogP contribution in [0.3, 0.4) is 0 Å². The van der Waals surface area contributed by atoms with Gasteiger partial charge in [-0.2, -0.15) is 0 Å². The minimum absolute atomic E-state index is 0.302. The number of nitrogens with zero attached hydrogens (tertiary/aromatic N) is 3. The van der Waals surface area contributed by atoms with E-state index < -0.39 is 5.41 Å². The molecule has 6 rings (SSSR count). The maximum atomic E-state index is 13.0. The Kier molecular flexibility index (Phi) is 15.2. The number of esters is 2. The molecule has 1 aliphatic carbocycles. The smallest absolute Gasteiger partial charge is 0.338 e. The number of carbonyl (C=O) groups is 2. The van der Waals surface area contributed by atoms with Crippen LogP contribution in [0.1, 0.15) is 85.2 Å². The molecule has 0 amide bonds. The third kappa shape index (κ3) is 10.2. The number of anilines is 3. The summed E-state index contributed by atoms with van der Waals surface area (Å²) >= 11 is 0. The van der Waals surface area contributed by atoms with Crippen LogP contribution in [0.2, 0.25) is 0 Å². The molecule has 0 saturated heterocycles. The lowest BCUT2D eigenvalue weighted by atomic mass is 9.79. The minimum atomic E-state index is -0.521. The second kappa shape index (κ2) is 20.7. The van der Waals surface area contributed by atoms with E-state index in [0.717, 1.165) is 58.1 Å². The highest BCUT2D eigenvalue weighted by Crippen LogP contribution is 2.48. The molecule has 9 nitrogen and oxygen atoms in total. The molecule has 2 aliphatic rings. The zero-order valence-corrected chi connectivity index (χ0v) is 37.6. The summed E-state index contributed by atoms with van der Waals surface area (Å²) in [6.07, 6.45) is 11.8. The molecule has 0 N–H and O–H groups in total. The molecule has 0 atom stereocenters. The van der Waals surface area contributed by atoms with Crippen molar-refractivity contribution in [3.63, 3.8) is 0 Å². The summed E-state index contributed by atoms with van der Waals surface area (Å²) in [5.74, 6) is -0.677. The Morgan fingerprint density at radius 1 is 0.758 bits per heavy atom. The van der Waals surface area contributed by atoms with Crippen molar-refractivity contribution in [2.24, 2.45) is 4.99 Å². The van der Waals surface area contributed by atoms with E-state index in [9.17, 15) is 9.59 Å². The number of benzene rings is 4. The summed E-state index contributed by atoms with van der Waals surface area (Å²) in [6, 6.07) is 34.5. The highest BCUT2D eigenvalue weighted by Gasteiger charge is 2.39. The SMILES string of the molecule is CN=C(/C=C/C1=C(N(c2ccccc2)c2ccccc2)C(=C/C=C2/N(C)c3ccc(C(=O)OCCCOC)cc3C2(C)C)/CC1)C(C)(C)c1cccc(C(=O)OCCCOC)c1. The van der Waals surface area contributed by atoms with Gasteiger partial charge in [0.05, 0.1) is 30.0 Å². The average Bonchev–Trinajstić information content (AvgIpc) is 3.76. The molecule has 4 aromatic rings. The standard InChI is InChI=1S/C53H61N3O6/c1-52(2,42-19-15-18-40(36-42)50(57)61-34-16-32-59-7)47(54-5)30-27-38-24-25-39(49(38)56(43-20-11-9-12-21-43)44-22-13-10-14-23-44)28-31-48-53(3,4)45-37-41(26-29-46(45)55(48)6)51(58)62-35-17-33-60-8/h9-15,18-23,26-31,36-37H,16-17,24-25,32-35H2,1-8H3/b30-27+,39-28+,48-31+,54-47?. The Labute approximate surface area is 368 Å². The van der Waals surface area contributed by atoms with Crippen LogP contribution >= 0.6 is 0 Å². The molecule has 0 fully saturated rings. The molecule has 0 bridgehead atoms. The fourth-order valence-electron chi connectivity index (χ4n) is 8.36. The highest BCUT2D eigenvalue weighted by atomic mass is 16.5. The fraction of sp³-hybridized carbons (Fsp3) is 0.340. The molecule has 1 aliphatic heterocycles. The Morgan fingerprint density at radius 2 is 1.35 bits per heavy atom. The minimum Gasteiger partial charge on any atom is -0.462 e. The zero-order chi connectivity index (χ0) is 44.3. The number of methoxy groups -OCH3 is 2. The quantitative estimate of drug-likeness (QED) is 0.0556. The van der Waals surface area contributed by atoms with Crippen molar-refractivity contribution in [3.05, 3.63) is 172 Å². The molecule has 0 radical (unpaired) electrons. The number of carbonyl (C=O) groups excluding carboxylic acids is 2. The molecule has 324 valence electrons. The van der Waals surface area contributed by atoms with Crippen molar-refractivity contribution in [1.82, 2.24) is 0 Å². The van der Waals surface area contributed by atoms with Gasteiger partial charge in [0.1, 0.15) is 0 Å². The molecular formula is C53H61N3O6. The third-order valence-electron chi connectivity index (χ3n) is 11.8. The monoisotopic (exact) mass is 835 g/mol. The molecule has 9 heteroatoms. The summed E-state index contributed by atoms with van der Waals surface area (Å²) in [4.78, 5) is 35.4. The van der Waals surface area contributed by atoms with Gasteiger partial charge < -0.3 is 28.7 Å². The summed E-state index contributed by atoms with van der Waals surface area (Å²) < 4.78 is 21.3. The first kappa shape index (κ1) is 45.5. The lowest BCUT2D eigenvalue weighted by Gasteiger charge is -2.29. The normalized spacial score (nSPS) is 16.4. The molecule has 0 spiro atoms. The van der Waals surface area contributed by atoms with E-state index in [2.05, 4.69) is 117 Å². The molecule has 0 unspecified atom stereocenters. The average molecular weight is 836 g/mol. The predicted molar refractivity (Wildman–Crippen MR) is 251 cm³/mol. The van der Waals surface area contributed by atoms with Crippen LogP contribution in [0.5, 0.6) is 0 Å². The molecule has 62 heavy (non-hydrogen) atoms. The summed E-state index contributed by atoms with van der Waals surface area (Å²) in [7, 11) is 7.19. The topological polar surface area (TPSA) is 89.9 Å². The third-order valence-corrected chi connectivity index (χ3v) is 11.8. The maximum absolute atomic E-state index is 13.0. The molecule has 1 heterocycles. The van der Waals surface area contributed by atoms with Gasteiger partial charge >= 0.3 is 11.9 Å². The van der Waals surface area contributed by atoms with Gasteiger partial charge in [-0.1, -0.05) is 88.4 Å². The van der Waals surface area contributed by atoms with Crippen molar-refractivity contribution in [2.75, 3.05) is 64.5 Å². The van der Waals surface area contributed by atoms with Crippen LogP contribution in [0.4, 0.5) is 17.1 Å². The van der Waals surface area contributed by atoms with Gasteiger partial charge in [0.25, 0.3) is 0 Å². The number of aliphatic imine (C=N–C) groups is 1. The largest absolute Gasteiger partial charge is 0.462 e. The van der Waals surface area contributed by atoms with Gasteiger partial charge in [0.15, 0.2) is 0 Å². The second-order valence-electron chi connectivity index (χ2n) is 16.7. The second-order valence-corrected chi connectivity index (χ2v) is 16.7. The number of hydrogen-bond donors (Lipinski definition) is 0. The Hall–Kier alpha value is -6.03. The van der Waals surface area contributed by atoms with Crippen LogP contribution < -0.4 is 9.80 Å². The lowest BCUT2D eigenvalue weighted by molar-refractivity contribution is 0.0458. The van der Waals surface area contributed by atoms with E-state index in [4.69, 9.17) is 23.9 Å². The zero-order valence-electron chi connectivity index (χ0n) is 37.6. The van der Waals surface area contributed by atoms with E-state index >= 15 is 0 Å². The van der Waals surface area contributed by atoms with E-state index in [0.29, 0.717) is 50.4 Å². The Bertz CT molecular complexity index is 2320. The lowest BCUT2D eigenvalue weighted by Crippen LogP contribution is -2.28. The van der Waals surface area contributed by atoms with Crippen LogP contribution in [0.15, 0.2) is 155 Å². The van der Waals surface area contributed by atoms with Gasteiger partial charge in [0.2, 0.25) is 0 Å². The fourth-order valence-corrected chi connectivity index (χ4v) is 8.36. The first-order chi connectivity index (χ1) is 29.9. The number of rotatable bonds is 18. The predicted octanol–water partition coefficient (Wildman–Crippen LogP) is 11.1. The number of para-hydroxylation sites is 2. The number of fused-ring (bicyclic) bond motifs is 1. The number of allylic oxidation sites excluding steroid dienone is 7. The van der Waals surface area contributed by atoms with Gasteiger partial charge in [-0.05, 0) is 102 Å². The molecule has 0 saturated carbocycles. The van der Waals surface area contributed by atoms with Crippen LogP contribution in [-0.4, -0.2) is 72.4 Å². The van der Waals surface area contributed by atoms with E-state index in [1.54, 1.807) is 20.3 Å². The number of hydrogen-bond acceptors (Lipinski definition) is 9. The van der Waals surface area contributed by atoms with Crippen molar-refractivity contribution >= 4 is 34.7 Å². The van der Waals surface area contributed by atoms with Crippen molar-refractivity contribution < 1.29 is 28.5 Å². The van der Waals surface area contributed by atoms with Crippen molar-refractivity contribution in [3.8, 4) is 0 Å². The maximum Gasteiger partial charge on any atom is 0.338 e. The van der Waals surface area contributed by atoms with E-state index in [1.807, 2.05) is 55.6 Å². The van der Waals surface area contributed by atoms with Crippen LogP contribution in [0.25, 0.3) is 0 Å².